The Balaban J connectivity index is 1.55. The monoisotopic (exact) mass is 770 g/mol. The molecule has 16 heteroatoms. The van der Waals surface area contributed by atoms with Gasteiger partial charge in [-0.1, -0.05) is 0 Å². The molecular weight excluding hydrogens is 727 g/mol. The number of H-pyrrole nitrogens is 1. The molecule has 15 nitrogen and oxygen atoms in total. The van der Waals surface area contributed by atoms with Crippen molar-refractivity contribution in [1.29, 1.82) is 0 Å². The van der Waals surface area contributed by atoms with Gasteiger partial charge < -0.3 is 46.9 Å². The van der Waals surface area contributed by atoms with Crippen LogP contribution in [0.15, 0.2) is 24.4 Å². The number of halogens is 1. The highest BCUT2D eigenvalue weighted by Gasteiger charge is 2.30. The number of hydrogen-bond donors (Lipinski definition) is 8. The molecule has 47 heavy (non-hydrogen) atoms. The first kappa shape index (κ1) is 37.5. The molecule has 0 unspecified atom stereocenters. The van der Waals surface area contributed by atoms with E-state index in [1.54, 1.807) is 0 Å². The SMILES string of the molecule is NC[C@H]1CC[C@H](C(=O)N[C@H](Cc2c[nH]c3ccc(I)cc23)C(=O)NCCCC[C@H](NC(=O)N[C@@H](CCC(=O)O)C(=O)O)OC=O)CC1. The lowest BCUT2D eigenvalue weighted by Crippen LogP contribution is -2.50. The van der Waals surface area contributed by atoms with Crippen molar-refractivity contribution < 1.29 is 43.7 Å². The Morgan fingerprint density at radius 3 is 2.43 bits per heavy atom. The molecule has 0 spiro atoms. The number of aromatic nitrogens is 1. The van der Waals surface area contributed by atoms with Gasteiger partial charge in [-0.3, -0.25) is 19.2 Å². The summed E-state index contributed by atoms with van der Waals surface area (Å²) < 4.78 is 5.94. The van der Waals surface area contributed by atoms with Gasteiger partial charge in [0, 0.05) is 52.4 Å². The Labute approximate surface area is 285 Å². The fraction of sp³-hybridized carbons (Fsp3) is 0.548. The molecule has 1 saturated carbocycles. The predicted molar refractivity (Wildman–Crippen MR) is 179 cm³/mol. The van der Waals surface area contributed by atoms with Crippen molar-refractivity contribution >= 4 is 69.8 Å². The van der Waals surface area contributed by atoms with Crippen LogP contribution in [0.1, 0.15) is 63.4 Å². The van der Waals surface area contributed by atoms with E-state index in [-0.39, 0.29) is 50.0 Å². The van der Waals surface area contributed by atoms with E-state index in [1.807, 2.05) is 24.4 Å². The molecule has 0 aliphatic heterocycles. The lowest BCUT2D eigenvalue weighted by Gasteiger charge is -2.28. The van der Waals surface area contributed by atoms with Crippen molar-refractivity contribution in [3.05, 3.63) is 33.5 Å². The zero-order chi connectivity index (χ0) is 34.3. The van der Waals surface area contributed by atoms with Crippen molar-refractivity contribution in [2.75, 3.05) is 13.1 Å². The van der Waals surface area contributed by atoms with E-state index in [2.05, 4.69) is 48.8 Å². The minimum atomic E-state index is -1.44. The van der Waals surface area contributed by atoms with Gasteiger partial charge in [-0.15, -0.1) is 0 Å². The number of ether oxygens (including phenoxy) is 1. The summed E-state index contributed by atoms with van der Waals surface area (Å²) in [7, 11) is 0. The Kier molecular flexibility index (Phi) is 15.2. The molecule has 1 aromatic carbocycles. The van der Waals surface area contributed by atoms with Crippen LogP contribution in [-0.2, 0) is 35.1 Å². The first-order valence-electron chi connectivity index (χ1n) is 15.6. The summed E-state index contributed by atoms with van der Waals surface area (Å²) in [5.74, 6) is -2.87. The van der Waals surface area contributed by atoms with Crippen molar-refractivity contribution in [2.45, 2.75) is 82.5 Å². The smallest absolute Gasteiger partial charge is 0.326 e. The summed E-state index contributed by atoms with van der Waals surface area (Å²) in [5.41, 5.74) is 7.64. The van der Waals surface area contributed by atoms with Gasteiger partial charge in [0.15, 0.2) is 6.23 Å². The molecular formula is C31H43IN6O9. The van der Waals surface area contributed by atoms with E-state index < -0.39 is 42.7 Å². The Morgan fingerprint density at radius 1 is 1.02 bits per heavy atom. The van der Waals surface area contributed by atoms with E-state index in [1.165, 1.54) is 0 Å². The van der Waals surface area contributed by atoms with Gasteiger partial charge in [-0.2, -0.15) is 0 Å². The van der Waals surface area contributed by atoms with Gasteiger partial charge in [-0.05, 0) is 104 Å². The third-order valence-electron chi connectivity index (χ3n) is 8.29. The van der Waals surface area contributed by atoms with E-state index in [0.717, 1.165) is 45.7 Å². The molecule has 258 valence electrons. The number of unbranched alkanes of at least 4 members (excludes halogenated alkanes) is 1. The molecule has 2 aromatic rings. The van der Waals surface area contributed by atoms with E-state index in [0.29, 0.717) is 25.3 Å². The number of hydrogen-bond acceptors (Lipinski definition) is 8. The Hall–Kier alpha value is -3.93. The highest BCUT2D eigenvalue weighted by Crippen LogP contribution is 2.28. The van der Waals surface area contributed by atoms with Crippen molar-refractivity contribution in [2.24, 2.45) is 17.6 Å². The summed E-state index contributed by atoms with van der Waals surface area (Å²) in [5, 5.41) is 29.4. The summed E-state index contributed by atoms with van der Waals surface area (Å²) in [6.07, 6.45) is 4.48. The fourth-order valence-corrected chi connectivity index (χ4v) is 6.09. The largest absolute Gasteiger partial charge is 0.481 e. The third-order valence-corrected chi connectivity index (χ3v) is 8.96. The number of fused-ring (bicyclic) bond motifs is 1. The van der Waals surface area contributed by atoms with E-state index in [4.69, 9.17) is 15.6 Å². The second kappa shape index (κ2) is 19.0. The van der Waals surface area contributed by atoms with Crippen LogP contribution in [0.2, 0.25) is 0 Å². The second-order valence-corrected chi connectivity index (χ2v) is 12.9. The summed E-state index contributed by atoms with van der Waals surface area (Å²) >= 11 is 2.23. The standard InChI is InChI=1S/C31H43IN6O9/c32-21-8-9-23-22(14-21)20(16-35-23)13-25(36-28(42)19-6-4-18(15-33)5-7-19)29(43)34-12-2-1-3-26(47-17-39)38-31(46)37-24(30(44)45)10-11-27(40)41/h8-9,14,16-19,24-26,35H,1-7,10-13,15,33H2,(H,34,43)(H,36,42)(H,40,41)(H,44,45)(H2,37,38,46)/t18-,19-,24-,25+,26+/m0/s1. The number of aromatic amines is 1. The number of amides is 4. The van der Waals surface area contributed by atoms with E-state index >= 15 is 0 Å². The molecule has 4 amide bonds. The normalized spacial score (nSPS) is 17.9. The van der Waals surface area contributed by atoms with E-state index in [9.17, 15) is 33.9 Å². The highest BCUT2D eigenvalue weighted by atomic mass is 127. The number of carboxylic acids is 2. The molecule has 0 saturated heterocycles. The number of nitrogens with two attached hydrogens (primary N) is 1. The van der Waals surface area contributed by atoms with Gasteiger partial charge >= 0.3 is 18.0 Å². The van der Waals surface area contributed by atoms with Gasteiger partial charge in [0.2, 0.25) is 11.8 Å². The first-order valence-corrected chi connectivity index (χ1v) is 16.7. The molecule has 1 heterocycles. The molecule has 0 radical (unpaired) electrons. The van der Waals surface area contributed by atoms with Gasteiger partial charge in [0.1, 0.15) is 12.1 Å². The summed E-state index contributed by atoms with van der Waals surface area (Å²) in [6, 6.07) is 2.77. The maximum atomic E-state index is 13.4. The van der Waals surface area contributed by atoms with Crippen molar-refractivity contribution in [3.8, 4) is 0 Å². The maximum absolute atomic E-state index is 13.4. The zero-order valence-electron chi connectivity index (χ0n) is 26.0. The number of nitrogens with one attached hydrogen (secondary N) is 5. The van der Waals surface area contributed by atoms with Crippen LogP contribution in [0.3, 0.4) is 0 Å². The molecule has 1 aliphatic rings. The number of urea groups is 1. The maximum Gasteiger partial charge on any atom is 0.326 e. The molecule has 3 rings (SSSR count). The third kappa shape index (κ3) is 12.3. The highest BCUT2D eigenvalue weighted by molar-refractivity contribution is 14.1. The quantitative estimate of drug-likeness (QED) is 0.0447. The fourth-order valence-electron chi connectivity index (χ4n) is 5.60. The molecule has 3 atom stereocenters. The van der Waals surface area contributed by atoms with Crippen molar-refractivity contribution in [3.63, 3.8) is 0 Å². The predicted octanol–water partition coefficient (Wildman–Crippen LogP) is 1.97. The molecule has 9 N–H and O–H groups in total. The van der Waals surface area contributed by atoms with Crippen LogP contribution in [0.25, 0.3) is 10.9 Å². The van der Waals surface area contributed by atoms with Crippen LogP contribution in [0.4, 0.5) is 4.79 Å². The molecule has 1 aromatic heterocycles. The lowest BCUT2D eigenvalue weighted by atomic mass is 9.81. The molecule has 1 fully saturated rings. The number of benzene rings is 1. The van der Waals surface area contributed by atoms with Crippen LogP contribution in [0.5, 0.6) is 0 Å². The summed E-state index contributed by atoms with van der Waals surface area (Å²) in [6.45, 7) is 0.992. The Morgan fingerprint density at radius 2 is 1.77 bits per heavy atom. The first-order chi connectivity index (χ1) is 22.5. The number of carboxylic acid groups (broad SMARTS) is 2. The minimum Gasteiger partial charge on any atom is -0.481 e. The number of aliphatic carboxylic acids is 2. The molecule has 0 bridgehead atoms. The molecule has 1 aliphatic carbocycles. The van der Waals surface area contributed by atoms with Gasteiger partial charge in [-0.25, -0.2) is 9.59 Å². The zero-order valence-corrected chi connectivity index (χ0v) is 28.1. The van der Waals surface area contributed by atoms with Crippen molar-refractivity contribution in [1.82, 2.24) is 26.3 Å². The van der Waals surface area contributed by atoms with Crippen LogP contribution in [0, 0.1) is 15.4 Å². The average molecular weight is 771 g/mol. The van der Waals surface area contributed by atoms with Crippen LogP contribution < -0.4 is 27.0 Å². The van der Waals surface area contributed by atoms with Gasteiger partial charge in [0.25, 0.3) is 6.47 Å². The topological polar surface area (TPSA) is 242 Å². The second-order valence-electron chi connectivity index (χ2n) is 11.7. The van der Waals surface area contributed by atoms with Gasteiger partial charge in [0.05, 0.1) is 0 Å². The lowest BCUT2D eigenvalue weighted by molar-refractivity contribution is -0.141. The Bertz CT molecular complexity index is 1390. The number of carbonyl (C=O) groups is 6. The van der Waals surface area contributed by atoms with Crippen LogP contribution in [-0.4, -0.2) is 82.9 Å². The van der Waals surface area contributed by atoms with Crippen LogP contribution >= 0.6 is 22.6 Å². The average Bonchev–Trinajstić information content (AvgIpc) is 3.43. The number of rotatable bonds is 19. The number of carbonyl (C=O) groups excluding carboxylic acids is 4. The summed E-state index contributed by atoms with van der Waals surface area (Å²) in [4.78, 5) is 75.2. The minimum absolute atomic E-state index is 0.146.